The molecule has 4 rings (SSSR count). The molecule has 1 aliphatic rings. The fourth-order valence-corrected chi connectivity index (χ4v) is 5.15. The number of carbonyl (C=O) groups excluding carboxylic acids is 2. The number of aryl methyl sites for hydroxylation is 1. The molecule has 9 nitrogen and oxygen atoms in total. The lowest BCUT2D eigenvalue weighted by Gasteiger charge is -2.32. The number of aromatic nitrogens is 3. The molecule has 230 valence electrons. The van der Waals surface area contributed by atoms with Crippen LogP contribution in [0.5, 0.6) is 0 Å². The maximum Gasteiger partial charge on any atom is 0.314 e. The fraction of sp³-hybridized carbons (Fsp3) is 0.469. The van der Waals surface area contributed by atoms with Gasteiger partial charge in [-0.2, -0.15) is 0 Å². The van der Waals surface area contributed by atoms with Crippen molar-refractivity contribution in [2.75, 3.05) is 18.7 Å². The number of hydrogen-bond donors (Lipinski definition) is 2. The molecule has 0 aliphatic heterocycles. The summed E-state index contributed by atoms with van der Waals surface area (Å²) < 4.78 is 36.4. The highest BCUT2D eigenvalue weighted by molar-refractivity contribution is 5.76. The van der Waals surface area contributed by atoms with Gasteiger partial charge in [0.25, 0.3) is 6.43 Å². The van der Waals surface area contributed by atoms with Crippen LogP contribution in [0.3, 0.4) is 0 Å². The summed E-state index contributed by atoms with van der Waals surface area (Å²) in [6.45, 7) is 6.64. The Hall–Kier alpha value is -3.99. The van der Waals surface area contributed by atoms with Crippen molar-refractivity contribution < 1.29 is 33.0 Å². The first-order valence-corrected chi connectivity index (χ1v) is 14.4. The van der Waals surface area contributed by atoms with Crippen LogP contribution in [0.25, 0.3) is 11.3 Å². The predicted octanol–water partition coefficient (Wildman–Crippen LogP) is 6.50. The summed E-state index contributed by atoms with van der Waals surface area (Å²) in [7, 11) is 0. The molecular weight excluding hydrogens is 558 g/mol. The summed E-state index contributed by atoms with van der Waals surface area (Å²) in [5.41, 5.74) is 2.29. The molecule has 1 atom stereocenters. The summed E-state index contributed by atoms with van der Waals surface area (Å²) >= 11 is 0. The molecule has 0 radical (unpaired) electrons. The number of anilines is 2. The molecule has 1 aliphatic carbocycles. The second kappa shape index (κ2) is 14.0. The van der Waals surface area contributed by atoms with Gasteiger partial charge in [0.1, 0.15) is 11.6 Å². The predicted molar refractivity (Wildman–Crippen MR) is 156 cm³/mol. The molecule has 1 unspecified atom stereocenters. The smallest absolute Gasteiger partial charge is 0.314 e. The second-order valence-electron chi connectivity index (χ2n) is 12.0. The highest BCUT2D eigenvalue weighted by atomic mass is 19.3. The van der Waals surface area contributed by atoms with E-state index in [1.807, 2.05) is 25.1 Å². The van der Waals surface area contributed by atoms with E-state index in [0.717, 1.165) is 29.7 Å². The van der Waals surface area contributed by atoms with Gasteiger partial charge in [-0.1, -0.05) is 0 Å². The van der Waals surface area contributed by atoms with Crippen molar-refractivity contribution in [1.29, 1.82) is 0 Å². The first kappa shape index (κ1) is 31.9. The quantitative estimate of drug-likeness (QED) is 0.199. The minimum Gasteiger partial charge on any atom is -0.428 e. The van der Waals surface area contributed by atoms with E-state index in [1.54, 1.807) is 33.0 Å². The second-order valence-corrected chi connectivity index (χ2v) is 12.0. The van der Waals surface area contributed by atoms with Crippen LogP contribution in [0.2, 0.25) is 0 Å². The SMILES string of the molecule is Cc1cc(Nc2cc(C(F)F)ccn2)nc(-c2ccc(C(CO)C3CCC(C(=O)OCOC(=O)C(C)(C)C)CC3)nc2)c1. The zero-order valence-corrected chi connectivity index (χ0v) is 24.8. The zero-order valence-electron chi connectivity index (χ0n) is 24.8. The number of aliphatic hydroxyl groups is 1. The van der Waals surface area contributed by atoms with E-state index in [2.05, 4.69) is 20.3 Å². The molecule has 1 fully saturated rings. The zero-order chi connectivity index (χ0) is 31.1. The van der Waals surface area contributed by atoms with Crippen LogP contribution < -0.4 is 5.32 Å². The van der Waals surface area contributed by atoms with Gasteiger partial charge in [0.2, 0.25) is 6.79 Å². The van der Waals surface area contributed by atoms with Crippen LogP contribution >= 0.6 is 0 Å². The molecule has 1 saturated carbocycles. The Morgan fingerprint density at radius 2 is 1.77 bits per heavy atom. The van der Waals surface area contributed by atoms with Crippen molar-refractivity contribution in [3.8, 4) is 11.3 Å². The lowest BCUT2D eigenvalue weighted by molar-refractivity contribution is -0.176. The van der Waals surface area contributed by atoms with Crippen LogP contribution in [0.1, 0.15) is 75.6 Å². The Morgan fingerprint density at radius 1 is 1.02 bits per heavy atom. The van der Waals surface area contributed by atoms with E-state index in [4.69, 9.17) is 9.47 Å². The number of aliphatic hydroxyl groups excluding tert-OH is 1. The van der Waals surface area contributed by atoms with Gasteiger partial charge < -0.3 is 19.9 Å². The summed E-state index contributed by atoms with van der Waals surface area (Å²) in [4.78, 5) is 37.7. The molecule has 2 N–H and O–H groups in total. The Morgan fingerprint density at radius 3 is 2.40 bits per heavy atom. The van der Waals surface area contributed by atoms with Crippen LogP contribution in [-0.2, 0) is 19.1 Å². The molecule has 0 spiro atoms. The average molecular weight is 597 g/mol. The third kappa shape index (κ3) is 8.53. The molecule has 3 aromatic rings. The molecule has 43 heavy (non-hydrogen) atoms. The Bertz CT molecular complexity index is 1400. The Balaban J connectivity index is 1.36. The highest BCUT2D eigenvalue weighted by Gasteiger charge is 2.33. The number of halogens is 2. The molecule has 0 amide bonds. The van der Waals surface area contributed by atoms with E-state index in [9.17, 15) is 23.5 Å². The fourth-order valence-electron chi connectivity index (χ4n) is 5.15. The first-order chi connectivity index (χ1) is 20.4. The van der Waals surface area contributed by atoms with E-state index in [0.29, 0.717) is 24.4 Å². The number of ether oxygens (including phenoxy) is 2. The van der Waals surface area contributed by atoms with Crippen LogP contribution in [0.15, 0.2) is 48.8 Å². The largest absolute Gasteiger partial charge is 0.428 e. The summed E-state index contributed by atoms with van der Waals surface area (Å²) in [5, 5.41) is 13.2. The molecule has 11 heteroatoms. The van der Waals surface area contributed by atoms with Crippen LogP contribution in [0.4, 0.5) is 20.4 Å². The van der Waals surface area contributed by atoms with E-state index >= 15 is 0 Å². The Kier molecular flexibility index (Phi) is 10.4. The third-order valence-electron chi connectivity index (χ3n) is 7.60. The number of nitrogens with zero attached hydrogens (tertiary/aromatic N) is 3. The van der Waals surface area contributed by atoms with Gasteiger partial charge >= 0.3 is 11.9 Å². The Labute approximate surface area is 250 Å². The molecule has 3 aromatic heterocycles. The molecule has 0 bridgehead atoms. The minimum atomic E-state index is -2.60. The van der Waals surface area contributed by atoms with Gasteiger partial charge in [-0.05, 0) is 101 Å². The van der Waals surface area contributed by atoms with Crippen molar-refractivity contribution in [2.45, 2.75) is 65.7 Å². The maximum atomic E-state index is 13.1. The number of pyridine rings is 3. The van der Waals surface area contributed by atoms with E-state index in [1.165, 1.54) is 18.3 Å². The lowest BCUT2D eigenvalue weighted by atomic mass is 9.75. The molecular formula is C32H38F2N4O5. The number of rotatable bonds is 10. The van der Waals surface area contributed by atoms with Crippen molar-refractivity contribution in [1.82, 2.24) is 15.0 Å². The molecule has 3 heterocycles. The van der Waals surface area contributed by atoms with Gasteiger partial charge in [0.15, 0.2) is 0 Å². The van der Waals surface area contributed by atoms with Crippen molar-refractivity contribution in [3.05, 3.63) is 65.6 Å². The number of esters is 2. The standard InChI is InChI=1S/C32H38F2N4O5/c1-19-13-26(37-28(14-19)38-27-15-22(29(33)34)11-12-35-27)23-9-10-25(36-16-23)24(17-39)20-5-7-21(8-6-20)30(40)42-18-43-31(41)32(2,3)4/h9-16,20-21,24,29,39H,5-8,17-18H2,1-4H3,(H,35,37,38). The van der Waals surface area contributed by atoms with Gasteiger partial charge in [-0.25, -0.2) is 18.7 Å². The minimum absolute atomic E-state index is 0.0731. The average Bonchev–Trinajstić information content (AvgIpc) is 2.97. The van der Waals surface area contributed by atoms with Crippen molar-refractivity contribution in [3.63, 3.8) is 0 Å². The van der Waals surface area contributed by atoms with Gasteiger partial charge in [0.05, 0.1) is 23.6 Å². The van der Waals surface area contributed by atoms with Crippen molar-refractivity contribution >= 4 is 23.6 Å². The first-order valence-electron chi connectivity index (χ1n) is 14.4. The number of nitrogens with one attached hydrogen (secondary N) is 1. The number of alkyl halides is 2. The third-order valence-corrected chi connectivity index (χ3v) is 7.60. The van der Waals surface area contributed by atoms with Gasteiger partial charge in [-0.15, -0.1) is 0 Å². The van der Waals surface area contributed by atoms with E-state index in [-0.39, 0.29) is 48.5 Å². The molecule has 0 aromatic carbocycles. The summed E-state index contributed by atoms with van der Waals surface area (Å²) in [5.74, 6) is -0.381. The molecule has 0 saturated heterocycles. The topological polar surface area (TPSA) is 124 Å². The van der Waals surface area contributed by atoms with Crippen LogP contribution in [0, 0.1) is 24.2 Å². The van der Waals surface area contributed by atoms with Gasteiger partial charge in [0, 0.05) is 35.1 Å². The maximum absolute atomic E-state index is 13.1. The number of hydrogen-bond acceptors (Lipinski definition) is 9. The lowest BCUT2D eigenvalue weighted by Crippen LogP contribution is -2.29. The van der Waals surface area contributed by atoms with E-state index < -0.39 is 17.8 Å². The normalized spacial score (nSPS) is 17.8. The summed E-state index contributed by atoms with van der Waals surface area (Å²) in [6, 6.07) is 10.0. The highest BCUT2D eigenvalue weighted by Crippen LogP contribution is 2.38. The monoisotopic (exact) mass is 596 g/mol. The van der Waals surface area contributed by atoms with Crippen molar-refractivity contribution in [2.24, 2.45) is 17.3 Å². The number of carbonyl (C=O) groups is 2. The van der Waals surface area contributed by atoms with Crippen LogP contribution in [-0.4, -0.2) is 45.4 Å². The van der Waals surface area contributed by atoms with Gasteiger partial charge in [-0.3, -0.25) is 14.6 Å². The summed E-state index contributed by atoms with van der Waals surface area (Å²) in [6.07, 6.45) is 3.12.